The molecule has 9 heteroatoms. The van der Waals surface area contributed by atoms with Gasteiger partial charge in [0.1, 0.15) is 24.4 Å². The number of carbonyl (C=O) groups is 4. The Kier molecular flexibility index (Phi) is 37.0. The largest absolute Gasteiger partial charge is 2.00 e. The predicted molar refractivity (Wildman–Crippen MR) is 94.1 cm³/mol. The van der Waals surface area contributed by atoms with Crippen LogP contribution in [0.2, 0.25) is 0 Å². The van der Waals surface area contributed by atoms with E-state index in [0.29, 0.717) is 13.2 Å². The van der Waals surface area contributed by atoms with Crippen molar-refractivity contribution < 1.29 is 60.6 Å². The Labute approximate surface area is 177 Å². The minimum absolute atomic E-state index is 0. The van der Waals surface area contributed by atoms with Crippen LogP contribution in [0.1, 0.15) is 68.2 Å². The van der Waals surface area contributed by atoms with E-state index < -0.39 is 24.1 Å². The summed E-state index contributed by atoms with van der Waals surface area (Å²) in [6.45, 7) is 13.3. The second-order valence-electron chi connectivity index (χ2n) is 5.47. The summed E-state index contributed by atoms with van der Waals surface area (Å²) in [7, 11) is 0. The fourth-order valence-corrected chi connectivity index (χ4v) is 0.831. The topological polar surface area (TPSA) is 133 Å². The van der Waals surface area contributed by atoms with E-state index in [1.165, 1.54) is 13.8 Å². The molecule has 0 heterocycles. The molecule has 0 bridgehead atoms. The van der Waals surface area contributed by atoms with Crippen LogP contribution in [0.3, 0.4) is 0 Å². The molecule has 0 amide bonds. The van der Waals surface area contributed by atoms with E-state index in [4.69, 9.17) is 0 Å². The third kappa shape index (κ3) is 78.4. The van der Waals surface area contributed by atoms with Gasteiger partial charge >= 0.3 is 33.7 Å². The van der Waals surface area contributed by atoms with Gasteiger partial charge in [-0.3, -0.25) is 19.2 Å². The van der Waals surface area contributed by atoms with E-state index in [1.54, 1.807) is 41.5 Å². The molecule has 158 valence electrons. The fraction of sp³-hybridized carbons (Fsp3) is 0.778. The number of ether oxygens (including phenoxy) is 2. The smallest absolute Gasteiger partial charge is 0.852 e. The Morgan fingerprint density at radius 1 is 0.704 bits per heavy atom. The zero-order valence-corrected chi connectivity index (χ0v) is 19.3. The van der Waals surface area contributed by atoms with E-state index >= 15 is 0 Å². The van der Waals surface area contributed by atoms with E-state index in [1.807, 2.05) is 0 Å². The summed E-state index contributed by atoms with van der Waals surface area (Å²) in [5.41, 5.74) is 0. The van der Waals surface area contributed by atoms with Crippen molar-refractivity contribution in [2.75, 3.05) is 13.2 Å². The molecule has 0 aliphatic carbocycles. The molecule has 0 aromatic carbocycles. The molecule has 0 rings (SSSR count). The van der Waals surface area contributed by atoms with Gasteiger partial charge in [0, 0.05) is 0 Å². The molecular weight excluding hydrogens is 392 g/mol. The van der Waals surface area contributed by atoms with Gasteiger partial charge in [-0.1, -0.05) is 27.7 Å². The average Bonchev–Trinajstić information content (AvgIpc) is 2.36. The number of ketones is 2. The molecule has 8 nitrogen and oxygen atoms in total. The van der Waals surface area contributed by atoms with Crippen molar-refractivity contribution in [2.45, 2.75) is 80.4 Å². The van der Waals surface area contributed by atoms with Crippen molar-refractivity contribution in [3.8, 4) is 0 Å². The third-order valence-electron chi connectivity index (χ3n) is 1.40. The number of rotatable bonds is 6. The summed E-state index contributed by atoms with van der Waals surface area (Å²) in [6, 6.07) is 0. The van der Waals surface area contributed by atoms with Crippen molar-refractivity contribution in [1.82, 2.24) is 0 Å². The van der Waals surface area contributed by atoms with Crippen LogP contribution >= 0.6 is 0 Å². The first-order chi connectivity index (χ1) is 11.8. The number of Topliss-reactive ketones (excluding diaryl/α,β-unsaturated/α-hetero) is 2. The summed E-state index contributed by atoms with van der Waals surface area (Å²) in [5, 5.41) is 19.1. The zero-order valence-electron chi connectivity index (χ0n) is 17.7. The number of carbonyl (C=O) groups excluding carboxylic acids is 4. The minimum atomic E-state index is -0.440. The molecule has 0 unspecified atom stereocenters. The van der Waals surface area contributed by atoms with Crippen LogP contribution in [-0.2, 0) is 50.4 Å². The normalized spacial score (nSPS) is 8.44. The number of hydrogen-bond acceptors (Lipinski definition) is 8. The van der Waals surface area contributed by atoms with Gasteiger partial charge in [0.05, 0.1) is 13.2 Å². The quantitative estimate of drug-likeness (QED) is 0.342. The first-order valence-electron chi connectivity index (χ1n) is 8.41. The van der Waals surface area contributed by atoms with E-state index in [9.17, 15) is 29.4 Å². The van der Waals surface area contributed by atoms with E-state index in [0.717, 1.165) is 0 Å². The summed E-state index contributed by atoms with van der Waals surface area (Å²) < 4.78 is 8.99. The molecule has 27 heavy (non-hydrogen) atoms. The summed E-state index contributed by atoms with van der Waals surface area (Å²) in [5.74, 6) is -1.20. The Morgan fingerprint density at radius 3 is 1.00 bits per heavy atom. The molecule has 0 aliphatic heterocycles. The molecule has 0 fully saturated rings. The Morgan fingerprint density at radius 2 is 0.889 bits per heavy atom. The molecule has 0 aromatic rings. The molecule has 0 atom stereocenters. The Balaban J connectivity index is -0.0000000843. The van der Waals surface area contributed by atoms with Crippen LogP contribution in [0.5, 0.6) is 0 Å². The summed E-state index contributed by atoms with van der Waals surface area (Å²) in [6.07, 6.45) is -1.04. The monoisotopic (exact) mass is 426 g/mol. The van der Waals surface area contributed by atoms with Crippen LogP contribution in [0.25, 0.3) is 0 Å². The van der Waals surface area contributed by atoms with E-state index in [2.05, 4.69) is 9.47 Å². The van der Waals surface area contributed by atoms with E-state index in [-0.39, 0.29) is 46.1 Å². The van der Waals surface area contributed by atoms with Gasteiger partial charge in [-0.15, -0.1) is 12.2 Å². The number of esters is 2. The third-order valence-corrected chi connectivity index (χ3v) is 1.40. The van der Waals surface area contributed by atoms with Gasteiger partial charge in [0.15, 0.2) is 0 Å². The zero-order chi connectivity index (χ0) is 21.7. The Hall–Kier alpha value is -1.09. The SMILES string of the molecule is CC(C)[O-].CC(C)[O-].CCOC(=O)CC(C)=O.CCOC(=O)CC(C)=O.[Ti+2]. The van der Waals surface area contributed by atoms with Crippen molar-refractivity contribution >= 4 is 23.5 Å². The average molecular weight is 426 g/mol. The second kappa shape index (κ2) is 27.1. The van der Waals surface area contributed by atoms with Crippen LogP contribution in [0.15, 0.2) is 0 Å². The number of hydrogen-bond donors (Lipinski definition) is 0. The standard InChI is InChI=1S/2C6H10O3.2C3H7O.Ti/c2*1-3-9-6(8)4-5(2)7;2*1-3(2)4;/h2*3-4H2,1-2H3;2*3H,1-2H3;/q;;2*-1;+2. The second-order valence-corrected chi connectivity index (χ2v) is 5.47. The first kappa shape index (κ1) is 36.8. The van der Waals surface area contributed by atoms with Crippen molar-refractivity contribution in [3.63, 3.8) is 0 Å². The molecule has 0 aromatic heterocycles. The molecule has 0 N–H and O–H groups in total. The Bertz CT molecular complexity index is 340. The first-order valence-corrected chi connectivity index (χ1v) is 8.41. The van der Waals surface area contributed by atoms with Gasteiger partial charge in [0.2, 0.25) is 0 Å². The van der Waals surface area contributed by atoms with Crippen molar-refractivity contribution in [2.24, 2.45) is 0 Å². The summed E-state index contributed by atoms with van der Waals surface area (Å²) in [4.78, 5) is 41.3. The van der Waals surface area contributed by atoms with Crippen LogP contribution in [0.4, 0.5) is 0 Å². The molecule has 0 radical (unpaired) electrons. The predicted octanol–water partition coefficient (Wildman–Crippen LogP) is 0.565. The molecule has 0 aliphatic rings. The summed E-state index contributed by atoms with van der Waals surface area (Å²) >= 11 is 0. The van der Waals surface area contributed by atoms with Crippen molar-refractivity contribution in [3.05, 3.63) is 0 Å². The van der Waals surface area contributed by atoms with Gasteiger partial charge in [-0.05, 0) is 27.7 Å². The maximum Gasteiger partial charge on any atom is 2.00 e. The van der Waals surface area contributed by atoms with Gasteiger partial charge in [-0.25, -0.2) is 0 Å². The maximum atomic E-state index is 10.4. The van der Waals surface area contributed by atoms with Crippen LogP contribution < -0.4 is 10.2 Å². The molecule has 0 saturated heterocycles. The molecule has 0 saturated carbocycles. The fourth-order valence-electron chi connectivity index (χ4n) is 0.831. The van der Waals surface area contributed by atoms with Gasteiger partial charge in [-0.2, -0.15) is 0 Å². The van der Waals surface area contributed by atoms with Crippen molar-refractivity contribution in [1.29, 1.82) is 0 Å². The maximum absolute atomic E-state index is 10.4. The van der Waals surface area contributed by atoms with Gasteiger partial charge < -0.3 is 19.7 Å². The minimum Gasteiger partial charge on any atom is -0.852 e. The molecular formula is C18H34O8Ti. The van der Waals surface area contributed by atoms with Crippen LogP contribution in [-0.4, -0.2) is 48.9 Å². The van der Waals surface area contributed by atoms with Gasteiger partial charge in [0.25, 0.3) is 0 Å². The molecule has 0 spiro atoms. The van der Waals surface area contributed by atoms with Crippen LogP contribution in [0, 0.1) is 0 Å².